The molecule has 0 aliphatic carbocycles. The molecule has 1 radical (unpaired) electrons. The minimum Gasteiger partial charge on any atom is -0.512 e. The molecule has 0 saturated carbocycles. The van der Waals surface area contributed by atoms with Gasteiger partial charge < -0.3 is 19.0 Å². The summed E-state index contributed by atoms with van der Waals surface area (Å²) in [6.45, 7) is 24.4. The molecule has 1 N–H and O–H groups in total. The summed E-state index contributed by atoms with van der Waals surface area (Å²) in [6, 6.07) is 24.8. The number of fused-ring (bicyclic) bond motifs is 4. The number of carbonyl (C=O) groups excluding carboxylic acids is 1. The van der Waals surface area contributed by atoms with Gasteiger partial charge in [0.1, 0.15) is 11.2 Å². The Morgan fingerprint density at radius 3 is 1.98 bits per heavy atom. The normalized spacial score (nSPS) is 12.1. The maximum absolute atomic E-state index is 11.7. The van der Waals surface area contributed by atoms with Crippen LogP contribution in [0.3, 0.4) is 0 Å². The number of aliphatic hydroxyl groups excluding tert-OH is 1. The number of hydrogen-bond acceptors (Lipinski definition) is 3. The van der Waals surface area contributed by atoms with Crippen molar-refractivity contribution in [1.29, 1.82) is 0 Å². The number of pyridine rings is 1. The monoisotopic (exact) mass is 855 g/mol. The fourth-order valence-electron chi connectivity index (χ4n) is 6.94. The molecule has 0 spiro atoms. The predicted molar refractivity (Wildman–Crippen MR) is 209 cm³/mol. The van der Waals surface area contributed by atoms with Gasteiger partial charge in [-0.1, -0.05) is 91.3 Å². The summed E-state index contributed by atoms with van der Waals surface area (Å²) >= 11 is 1.88. The minimum absolute atomic E-state index is 0. The van der Waals surface area contributed by atoms with E-state index in [9.17, 15) is 9.90 Å². The molecule has 5 aromatic rings. The number of aromatic nitrogens is 1. The van der Waals surface area contributed by atoms with E-state index in [1.807, 2.05) is 39.0 Å². The van der Waals surface area contributed by atoms with E-state index in [1.54, 1.807) is 0 Å². The van der Waals surface area contributed by atoms with E-state index < -0.39 is 0 Å². The summed E-state index contributed by atoms with van der Waals surface area (Å²) in [7, 11) is 0. The Morgan fingerprint density at radius 1 is 0.816 bits per heavy atom. The van der Waals surface area contributed by atoms with Crippen molar-refractivity contribution in [2.45, 2.75) is 105 Å². The summed E-state index contributed by atoms with van der Waals surface area (Å²) in [6.07, 6.45) is 7.60. The third-order valence-corrected chi connectivity index (χ3v) is 10.8. The Hall–Kier alpha value is -2.85. The van der Waals surface area contributed by atoms with Gasteiger partial charge in [-0.15, -0.1) is 17.8 Å². The second-order valence-corrected chi connectivity index (χ2v) is 15.0. The average molecular weight is 855 g/mol. The van der Waals surface area contributed by atoms with Crippen LogP contribution in [0.5, 0.6) is 0 Å². The van der Waals surface area contributed by atoms with Gasteiger partial charge in [-0.25, -0.2) is 0 Å². The van der Waals surface area contributed by atoms with Crippen molar-refractivity contribution in [2.75, 3.05) is 0 Å². The first-order valence-corrected chi connectivity index (χ1v) is 18.8. The average Bonchev–Trinajstić information content (AvgIpc) is 3.45. The third kappa shape index (κ3) is 9.09. The van der Waals surface area contributed by atoms with E-state index in [0.29, 0.717) is 0 Å². The molecule has 0 amide bonds. The van der Waals surface area contributed by atoms with E-state index in [1.165, 1.54) is 59.5 Å². The summed E-state index contributed by atoms with van der Waals surface area (Å²) in [4.78, 5) is 11.7. The van der Waals surface area contributed by atoms with E-state index in [4.69, 9.17) is 0 Å². The summed E-state index contributed by atoms with van der Waals surface area (Å²) in [5.41, 5.74) is 6.82. The zero-order chi connectivity index (χ0) is 35.0. The van der Waals surface area contributed by atoms with Gasteiger partial charge in [-0.05, 0) is 77.3 Å². The number of ketones is 1. The standard InChI is InChI=1S/C31H32NS.C13H24O2.Ir/c1-6-12-21-22-13-8-9-14-23(22)26(31(3,4)5)20-25(21)27-17-18-29-30(32(27)19-7-2)24-15-10-11-16-28(24)33-29;1-5-10(6-2)12(14)9-13(15)11(7-3)8-4;/h8-11,13-18,20H,1-2,6-7,12,19H2,3-5H3;9-11,14H,5-8H2,1-4H3;/q-1;;/b;12-9-;. The number of benzene rings is 3. The second kappa shape index (κ2) is 18.4. The Morgan fingerprint density at radius 2 is 1.41 bits per heavy atom. The molecular weight excluding hydrogens is 799 g/mol. The summed E-state index contributed by atoms with van der Waals surface area (Å²) in [5, 5.41) is 13.8. The van der Waals surface area contributed by atoms with E-state index >= 15 is 0 Å². The topological polar surface area (TPSA) is 41.2 Å². The quantitative estimate of drug-likeness (QED) is 0.0588. The Kier molecular flexibility index (Phi) is 15.2. The Balaban J connectivity index is 0.000000347. The zero-order valence-corrected chi connectivity index (χ0v) is 33.9. The molecule has 49 heavy (non-hydrogen) atoms. The van der Waals surface area contributed by atoms with E-state index in [2.05, 4.69) is 106 Å². The molecule has 0 unspecified atom stereocenters. The van der Waals surface area contributed by atoms with Crippen LogP contribution in [0.2, 0.25) is 0 Å². The SMILES string of the molecule is CCC(CC)C(=O)/C=C(\O)C(CC)CC.[CH2-]CCc1c(-c2ccc3sc4ccccc4c3[n+]2CC[CH2-])cc(C(C)(C)C)c2ccccc12.[Ir]. The van der Waals surface area contributed by atoms with Crippen LogP contribution in [0.1, 0.15) is 98.1 Å². The predicted octanol–water partition coefficient (Wildman–Crippen LogP) is 12.3. The summed E-state index contributed by atoms with van der Waals surface area (Å²) < 4.78 is 5.20. The fourth-order valence-corrected chi connectivity index (χ4v) is 8.05. The first kappa shape index (κ1) is 40.6. The minimum atomic E-state index is 0. The molecule has 265 valence electrons. The smallest absolute Gasteiger partial charge is 0.231 e. The van der Waals surface area contributed by atoms with Crippen molar-refractivity contribution in [2.24, 2.45) is 11.8 Å². The molecule has 3 aromatic carbocycles. The molecule has 0 bridgehead atoms. The molecule has 5 rings (SSSR count). The van der Waals surface area contributed by atoms with Crippen LogP contribution in [0.4, 0.5) is 0 Å². The maximum Gasteiger partial charge on any atom is 0.231 e. The number of thiophene rings is 1. The number of aliphatic hydroxyl groups is 1. The van der Waals surface area contributed by atoms with Crippen molar-refractivity contribution in [3.8, 4) is 11.3 Å². The van der Waals surface area contributed by atoms with Crippen LogP contribution in [-0.2, 0) is 43.3 Å². The third-order valence-electron chi connectivity index (χ3n) is 9.68. The molecular formula is C44H56IrNO2S-. The van der Waals surface area contributed by atoms with Crippen LogP contribution in [-0.4, -0.2) is 10.9 Å². The summed E-state index contributed by atoms with van der Waals surface area (Å²) in [5.74, 6) is 0.547. The number of carbonyl (C=O) groups is 1. The van der Waals surface area contributed by atoms with Crippen LogP contribution >= 0.6 is 11.3 Å². The van der Waals surface area contributed by atoms with Gasteiger partial charge in [0, 0.05) is 48.8 Å². The van der Waals surface area contributed by atoms with Gasteiger partial charge in [0.25, 0.3) is 0 Å². The van der Waals surface area contributed by atoms with Gasteiger partial charge in [-0.3, -0.25) is 4.79 Å². The number of nitrogens with zero attached hydrogens (tertiary/aromatic N) is 1. The van der Waals surface area contributed by atoms with Crippen LogP contribution < -0.4 is 4.57 Å². The molecule has 5 heteroatoms. The second-order valence-electron chi connectivity index (χ2n) is 13.9. The Labute approximate surface area is 313 Å². The molecule has 3 nitrogen and oxygen atoms in total. The van der Waals surface area contributed by atoms with Gasteiger partial charge in [-0.2, -0.15) is 11.0 Å². The zero-order valence-electron chi connectivity index (χ0n) is 30.7. The maximum atomic E-state index is 11.7. The van der Waals surface area contributed by atoms with E-state index in [-0.39, 0.29) is 48.9 Å². The molecule has 2 aromatic heterocycles. The first-order valence-electron chi connectivity index (χ1n) is 18.0. The number of aryl methyl sites for hydroxylation is 2. The molecule has 0 saturated heterocycles. The van der Waals surface area contributed by atoms with E-state index in [0.717, 1.165) is 51.5 Å². The van der Waals surface area contributed by atoms with Crippen LogP contribution in [0.15, 0.2) is 78.6 Å². The van der Waals surface area contributed by atoms with Crippen molar-refractivity contribution in [3.05, 3.63) is 104 Å². The number of rotatable bonds is 12. The largest absolute Gasteiger partial charge is 0.512 e. The number of allylic oxidation sites excluding steroid dienone is 2. The van der Waals surface area contributed by atoms with Crippen molar-refractivity contribution >= 4 is 48.2 Å². The van der Waals surface area contributed by atoms with Crippen LogP contribution in [0.25, 0.3) is 42.3 Å². The Bertz CT molecular complexity index is 1870. The molecule has 0 atom stereocenters. The first-order chi connectivity index (χ1) is 23.0. The van der Waals surface area contributed by atoms with Crippen molar-refractivity contribution < 1.29 is 34.6 Å². The fraction of sp³-hybridized carbons (Fsp3) is 0.409. The van der Waals surface area contributed by atoms with Gasteiger partial charge in [0.05, 0.1) is 16.7 Å². The van der Waals surface area contributed by atoms with Gasteiger partial charge in [0.2, 0.25) is 11.2 Å². The molecule has 0 aliphatic rings. The molecule has 2 heterocycles. The molecule has 0 fully saturated rings. The van der Waals surface area contributed by atoms with Crippen molar-refractivity contribution in [3.63, 3.8) is 0 Å². The van der Waals surface area contributed by atoms with Crippen LogP contribution in [0, 0.1) is 25.7 Å². The van der Waals surface area contributed by atoms with Crippen molar-refractivity contribution in [1.82, 2.24) is 0 Å². The van der Waals surface area contributed by atoms with Gasteiger partial charge in [0.15, 0.2) is 5.78 Å². The van der Waals surface area contributed by atoms with Gasteiger partial charge >= 0.3 is 0 Å². The number of hydrogen-bond donors (Lipinski definition) is 1. The molecule has 0 aliphatic heterocycles.